The van der Waals surface area contributed by atoms with E-state index in [1.807, 2.05) is 25.7 Å². The zero-order valence-electron chi connectivity index (χ0n) is 14.9. The summed E-state index contributed by atoms with van der Waals surface area (Å²) >= 11 is 1.45. The quantitative estimate of drug-likeness (QED) is 0.912. The molecule has 0 radical (unpaired) electrons. The molecule has 1 aromatic heterocycles. The van der Waals surface area contributed by atoms with Gasteiger partial charge in [0.1, 0.15) is 4.88 Å². The zero-order chi connectivity index (χ0) is 17.3. The van der Waals surface area contributed by atoms with E-state index in [0.29, 0.717) is 17.5 Å². The van der Waals surface area contributed by atoms with E-state index in [9.17, 15) is 9.59 Å². The third kappa shape index (κ3) is 3.48. The lowest BCUT2D eigenvalue weighted by Gasteiger charge is -2.39. The molecule has 132 valence electrons. The number of carbonyl (C=O) groups is 2. The summed E-state index contributed by atoms with van der Waals surface area (Å²) in [5.41, 5.74) is 0.314. The lowest BCUT2D eigenvalue weighted by molar-refractivity contribution is -0.133. The van der Waals surface area contributed by atoms with E-state index in [4.69, 9.17) is 0 Å². The fraction of sp³-hybridized carbons (Fsp3) is 0.722. The molecule has 0 bridgehead atoms. The topological polar surface area (TPSA) is 62.3 Å². The Morgan fingerprint density at radius 1 is 1.25 bits per heavy atom. The fourth-order valence-electron chi connectivity index (χ4n) is 3.90. The Labute approximate surface area is 147 Å². The average molecular weight is 350 g/mol. The number of piperidine rings is 1. The van der Waals surface area contributed by atoms with E-state index < -0.39 is 5.41 Å². The molecule has 3 rings (SSSR count). The Morgan fingerprint density at radius 2 is 1.96 bits per heavy atom. The van der Waals surface area contributed by atoms with Crippen LogP contribution in [0.5, 0.6) is 0 Å². The number of rotatable bonds is 3. The van der Waals surface area contributed by atoms with Gasteiger partial charge in [0.15, 0.2) is 0 Å². The SMILES string of the molecule is Cc1nc(C)c(C(=O)N2CCC[C@@](C)(C(=O)NC3CCCC3)C2)s1. The molecule has 6 heteroatoms. The summed E-state index contributed by atoms with van der Waals surface area (Å²) in [6.07, 6.45) is 6.30. The van der Waals surface area contributed by atoms with Crippen molar-refractivity contribution < 1.29 is 9.59 Å². The van der Waals surface area contributed by atoms with Gasteiger partial charge in [-0.3, -0.25) is 9.59 Å². The smallest absolute Gasteiger partial charge is 0.265 e. The lowest BCUT2D eigenvalue weighted by atomic mass is 9.80. The molecule has 1 saturated heterocycles. The number of likely N-dealkylation sites (tertiary alicyclic amines) is 1. The molecular weight excluding hydrogens is 322 g/mol. The van der Waals surface area contributed by atoms with Gasteiger partial charge in [-0.2, -0.15) is 0 Å². The van der Waals surface area contributed by atoms with Crippen molar-refractivity contribution in [2.45, 2.75) is 65.3 Å². The van der Waals surface area contributed by atoms with E-state index in [-0.39, 0.29) is 11.8 Å². The fourth-order valence-corrected chi connectivity index (χ4v) is 4.79. The number of thiazole rings is 1. The first-order valence-electron chi connectivity index (χ1n) is 8.93. The van der Waals surface area contributed by atoms with Crippen LogP contribution >= 0.6 is 11.3 Å². The highest BCUT2D eigenvalue weighted by Crippen LogP contribution is 2.32. The molecule has 1 atom stereocenters. The minimum atomic E-state index is -0.482. The summed E-state index contributed by atoms with van der Waals surface area (Å²) in [4.78, 5) is 32.6. The molecule has 1 saturated carbocycles. The van der Waals surface area contributed by atoms with Crippen LogP contribution in [0.3, 0.4) is 0 Å². The number of carbonyl (C=O) groups excluding carboxylic acids is 2. The number of hydrogen-bond donors (Lipinski definition) is 1. The number of aromatic nitrogens is 1. The molecule has 0 unspecified atom stereocenters. The van der Waals surface area contributed by atoms with Crippen molar-refractivity contribution in [2.75, 3.05) is 13.1 Å². The number of nitrogens with one attached hydrogen (secondary N) is 1. The number of hydrogen-bond acceptors (Lipinski definition) is 4. The van der Waals surface area contributed by atoms with Crippen LogP contribution in [0.25, 0.3) is 0 Å². The summed E-state index contributed by atoms with van der Waals surface area (Å²) in [6, 6.07) is 0.326. The van der Waals surface area contributed by atoms with Crippen LogP contribution in [-0.4, -0.2) is 40.8 Å². The summed E-state index contributed by atoms with van der Waals surface area (Å²) in [6.45, 7) is 7.03. The van der Waals surface area contributed by atoms with Gasteiger partial charge < -0.3 is 10.2 Å². The molecular formula is C18H27N3O2S. The van der Waals surface area contributed by atoms with Crippen LogP contribution in [0.15, 0.2) is 0 Å². The standard InChI is InChI=1S/C18H27N3O2S/c1-12-15(24-13(2)19-12)16(22)21-10-6-9-18(3,11-21)17(23)20-14-7-4-5-8-14/h14H,4-11H2,1-3H3,(H,20,23)/t18-/m1/s1. The van der Waals surface area contributed by atoms with Crippen molar-refractivity contribution in [3.8, 4) is 0 Å². The van der Waals surface area contributed by atoms with Crippen LogP contribution < -0.4 is 5.32 Å². The van der Waals surface area contributed by atoms with Crippen LogP contribution in [0.2, 0.25) is 0 Å². The van der Waals surface area contributed by atoms with Gasteiger partial charge in [-0.25, -0.2) is 4.98 Å². The molecule has 2 fully saturated rings. The molecule has 1 aliphatic heterocycles. The van der Waals surface area contributed by atoms with Crippen LogP contribution in [0.1, 0.15) is 65.8 Å². The molecule has 1 aromatic rings. The van der Waals surface area contributed by atoms with Crippen LogP contribution in [0, 0.1) is 19.3 Å². The molecule has 0 spiro atoms. The average Bonchev–Trinajstić information content (AvgIpc) is 3.16. The molecule has 2 heterocycles. The van der Waals surface area contributed by atoms with E-state index in [2.05, 4.69) is 10.3 Å². The monoisotopic (exact) mass is 349 g/mol. The van der Waals surface area contributed by atoms with Gasteiger partial charge in [0.25, 0.3) is 5.91 Å². The Morgan fingerprint density at radius 3 is 2.58 bits per heavy atom. The Balaban J connectivity index is 1.69. The second kappa shape index (κ2) is 6.82. The van der Waals surface area contributed by atoms with Gasteiger partial charge in [-0.05, 0) is 46.5 Å². The second-order valence-electron chi connectivity index (χ2n) is 7.49. The maximum atomic E-state index is 12.9. The highest BCUT2D eigenvalue weighted by Gasteiger charge is 2.40. The van der Waals surface area contributed by atoms with Crippen molar-refractivity contribution in [3.63, 3.8) is 0 Å². The molecule has 24 heavy (non-hydrogen) atoms. The van der Waals surface area contributed by atoms with Gasteiger partial charge >= 0.3 is 0 Å². The van der Waals surface area contributed by atoms with Crippen LogP contribution in [0.4, 0.5) is 0 Å². The van der Waals surface area contributed by atoms with Crippen molar-refractivity contribution in [3.05, 3.63) is 15.6 Å². The van der Waals surface area contributed by atoms with Crippen molar-refractivity contribution in [1.82, 2.24) is 15.2 Å². The predicted molar refractivity (Wildman–Crippen MR) is 95.2 cm³/mol. The minimum absolute atomic E-state index is 0.0256. The Hall–Kier alpha value is -1.43. The predicted octanol–water partition coefficient (Wildman–Crippen LogP) is 3.06. The number of aryl methyl sites for hydroxylation is 2. The van der Waals surface area contributed by atoms with E-state index in [0.717, 1.165) is 42.9 Å². The maximum Gasteiger partial charge on any atom is 0.265 e. The first-order chi connectivity index (χ1) is 11.4. The van der Waals surface area contributed by atoms with Gasteiger partial charge in [0, 0.05) is 19.1 Å². The molecule has 2 aliphatic rings. The number of nitrogens with zero attached hydrogens (tertiary/aromatic N) is 2. The number of amides is 2. The van der Waals surface area contributed by atoms with Crippen molar-refractivity contribution in [2.24, 2.45) is 5.41 Å². The summed E-state index contributed by atoms with van der Waals surface area (Å²) in [7, 11) is 0. The van der Waals surface area contributed by atoms with Gasteiger partial charge in [0.2, 0.25) is 5.91 Å². The first kappa shape index (κ1) is 17.4. The second-order valence-corrected chi connectivity index (χ2v) is 8.70. The largest absolute Gasteiger partial charge is 0.353 e. The first-order valence-corrected chi connectivity index (χ1v) is 9.75. The molecule has 5 nitrogen and oxygen atoms in total. The third-order valence-electron chi connectivity index (χ3n) is 5.32. The van der Waals surface area contributed by atoms with Gasteiger partial charge in [-0.1, -0.05) is 12.8 Å². The summed E-state index contributed by atoms with van der Waals surface area (Å²) in [5.74, 6) is 0.141. The zero-order valence-corrected chi connectivity index (χ0v) is 15.7. The van der Waals surface area contributed by atoms with E-state index in [1.54, 1.807) is 0 Å². The molecule has 0 aromatic carbocycles. The van der Waals surface area contributed by atoms with Crippen LogP contribution in [-0.2, 0) is 4.79 Å². The van der Waals surface area contributed by atoms with Gasteiger partial charge in [0.05, 0.1) is 16.1 Å². The minimum Gasteiger partial charge on any atom is -0.353 e. The van der Waals surface area contributed by atoms with Crippen molar-refractivity contribution >= 4 is 23.2 Å². The van der Waals surface area contributed by atoms with E-state index >= 15 is 0 Å². The molecule has 1 aliphatic carbocycles. The highest BCUT2D eigenvalue weighted by atomic mass is 32.1. The maximum absolute atomic E-state index is 12.9. The lowest BCUT2D eigenvalue weighted by Crippen LogP contribution is -2.53. The summed E-state index contributed by atoms with van der Waals surface area (Å²) in [5, 5.41) is 4.13. The highest BCUT2D eigenvalue weighted by molar-refractivity contribution is 7.13. The molecule has 2 amide bonds. The normalized spacial score (nSPS) is 25.0. The Bertz CT molecular complexity index is 636. The summed E-state index contributed by atoms with van der Waals surface area (Å²) < 4.78 is 0. The Kier molecular flexibility index (Phi) is 4.95. The van der Waals surface area contributed by atoms with E-state index in [1.165, 1.54) is 24.2 Å². The molecule has 1 N–H and O–H groups in total. The third-order valence-corrected chi connectivity index (χ3v) is 6.38. The van der Waals surface area contributed by atoms with Crippen molar-refractivity contribution in [1.29, 1.82) is 0 Å². The van der Waals surface area contributed by atoms with Gasteiger partial charge in [-0.15, -0.1) is 11.3 Å².